The highest BCUT2D eigenvalue weighted by Gasteiger charge is 2.24. The van der Waals surface area contributed by atoms with E-state index in [1.165, 1.54) is 42.4 Å². The van der Waals surface area contributed by atoms with Gasteiger partial charge < -0.3 is 54.1 Å². The topological polar surface area (TPSA) is 238 Å². The Morgan fingerprint density at radius 2 is 1.18 bits per heavy atom. The van der Waals surface area contributed by atoms with E-state index >= 15 is 0 Å². The molecule has 0 saturated heterocycles. The molecule has 0 bridgehead atoms. The summed E-state index contributed by atoms with van der Waals surface area (Å²) in [5.74, 6) is 1.35. The molecular weight excluding hydrogens is 703 g/mol. The van der Waals surface area contributed by atoms with Gasteiger partial charge >= 0.3 is 0 Å². The summed E-state index contributed by atoms with van der Waals surface area (Å²) in [5, 5.41) is 22.2. The summed E-state index contributed by atoms with van der Waals surface area (Å²) < 4.78 is 2.09. The summed E-state index contributed by atoms with van der Waals surface area (Å²) in [5.41, 5.74) is 34.2. The highest BCUT2D eigenvalue weighted by molar-refractivity contribution is 5.84. The van der Waals surface area contributed by atoms with Crippen LogP contribution in [0.3, 0.4) is 0 Å². The molecule has 0 unspecified atom stereocenters. The van der Waals surface area contributed by atoms with Gasteiger partial charge in [-0.05, 0) is 95.8 Å². The number of nitrogens with one attached hydrogen (secondary N) is 2. The van der Waals surface area contributed by atoms with Crippen LogP contribution in [-0.4, -0.2) is 79.2 Å². The van der Waals surface area contributed by atoms with Gasteiger partial charge in [0.15, 0.2) is 17.0 Å². The fourth-order valence-electron chi connectivity index (χ4n) is 6.95. The molecule has 3 aliphatic carbocycles. The molecule has 2 heterocycles. The Balaban J connectivity index is 0.000000310. The first kappa shape index (κ1) is 46.7. The molecule has 4 atom stereocenters. The predicted octanol–water partition coefficient (Wildman–Crippen LogP) is 5.80. The van der Waals surface area contributed by atoms with Gasteiger partial charge in [-0.2, -0.15) is 9.97 Å². The normalized spacial score (nSPS) is 23.1. The third kappa shape index (κ3) is 15.7. The van der Waals surface area contributed by atoms with Gasteiger partial charge in [0, 0.05) is 62.1 Å². The molecule has 0 amide bonds. The van der Waals surface area contributed by atoms with E-state index in [1.54, 1.807) is 13.8 Å². The van der Waals surface area contributed by atoms with Crippen LogP contribution in [0.4, 0.5) is 11.8 Å². The Kier molecular flexibility index (Phi) is 21.3. The van der Waals surface area contributed by atoms with Gasteiger partial charge in [-0.25, -0.2) is 4.98 Å². The van der Waals surface area contributed by atoms with Crippen LogP contribution in [0.15, 0.2) is 60.9 Å². The lowest BCUT2D eigenvalue weighted by Crippen LogP contribution is -2.43. The number of benzene rings is 2. The highest BCUT2D eigenvalue weighted by atomic mass is 16.3. The maximum atomic E-state index is 7.57. The first-order valence-corrected chi connectivity index (χ1v) is 20.9. The second-order valence-electron chi connectivity index (χ2n) is 15.3. The van der Waals surface area contributed by atoms with Crippen LogP contribution in [0.25, 0.3) is 22.3 Å². The minimum atomic E-state index is 0.127. The van der Waals surface area contributed by atoms with Crippen LogP contribution in [0.5, 0.6) is 0 Å². The van der Waals surface area contributed by atoms with E-state index in [-0.39, 0.29) is 43.4 Å². The molecule has 13 nitrogen and oxygen atoms in total. The van der Waals surface area contributed by atoms with Crippen molar-refractivity contribution in [1.82, 2.24) is 19.5 Å². The third-order valence-corrected chi connectivity index (χ3v) is 10.3. The molecule has 3 fully saturated rings. The van der Waals surface area contributed by atoms with Gasteiger partial charge in [-0.3, -0.25) is 0 Å². The molecule has 13 heteroatoms. The largest absolute Gasteiger partial charge is 0.397 e. The van der Waals surface area contributed by atoms with Crippen molar-refractivity contribution in [3.63, 3.8) is 0 Å². The van der Waals surface area contributed by atoms with Crippen molar-refractivity contribution in [2.45, 2.75) is 154 Å². The first-order chi connectivity index (χ1) is 27.0. The summed E-state index contributed by atoms with van der Waals surface area (Å²) >= 11 is 0. The zero-order valence-corrected chi connectivity index (χ0v) is 34.5. The van der Waals surface area contributed by atoms with Crippen LogP contribution in [0.2, 0.25) is 0 Å². The number of nitrogens with zero attached hydrogens (tertiary/aromatic N) is 4. The molecule has 7 rings (SSSR count). The Morgan fingerprint density at radius 1 is 0.679 bits per heavy atom. The Labute approximate surface area is 335 Å². The van der Waals surface area contributed by atoms with E-state index in [0.717, 1.165) is 68.3 Å². The zero-order chi connectivity index (χ0) is 40.9. The maximum Gasteiger partial charge on any atom is 0.227 e. The molecule has 4 aromatic rings. The number of rotatable bonds is 7. The van der Waals surface area contributed by atoms with E-state index in [1.807, 2.05) is 12.4 Å². The van der Waals surface area contributed by atoms with E-state index < -0.39 is 0 Å². The SMILES string of the molecule is CC(C)n1cnc2c(NCc3ccc(-c4ccccc4)cc3)nc(N[C@@H]3CCCC[C@@H]3N)nc21.CCO.CCO.NC1CCC(N)CC1.N[C@@H]1CCCC[C@@H]1N. The molecular formula is C43H73N11O2. The van der Waals surface area contributed by atoms with Crippen molar-refractivity contribution in [1.29, 1.82) is 0 Å². The molecule has 2 aromatic carbocycles. The fraction of sp³-hybridized carbons (Fsp3) is 0.605. The molecule has 0 radical (unpaired) electrons. The molecule has 3 saturated carbocycles. The van der Waals surface area contributed by atoms with Crippen LogP contribution >= 0.6 is 0 Å². The minimum Gasteiger partial charge on any atom is -0.397 e. The molecule has 2 aromatic heterocycles. The van der Waals surface area contributed by atoms with Gasteiger partial charge in [0.2, 0.25) is 5.95 Å². The van der Waals surface area contributed by atoms with Crippen molar-refractivity contribution < 1.29 is 10.2 Å². The van der Waals surface area contributed by atoms with E-state index in [2.05, 4.69) is 82.6 Å². The van der Waals surface area contributed by atoms with Gasteiger partial charge in [-0.15, -0.1) is 0 Å². The number of imidazole rings is 1. The molecule has 0 spiro atoms. The average Bonchev–Trinajstić information content (AvgIpc) is 3.64. The maximum absolute atomic E-state index is 7.57. The first-order valence-electron chi connectivity index (χ1n) is 20.9. The van der Waals surface area contributed by atoms with Gasteiger partial charge in [0.25, 0.3) is 0 Å². The van der Waals surface area contributed by atoms with E-state index in [0.29, 0.717) is 24.6 Å². The number of hydrogen-bond donors (Lipinski definition) is 9. The van der Waals surface area contributed by atoms with Crippen LogP contribution < -0.4 is 39.3 Å². The fourth-order valence-corrected chi connectivity index (χ4v) is 6.95. The molecule has 312 valence electrons. The summed E-state index contributed by atoms with van der Waals surface area (Å²) in [4.78, 5) is 14.3. The van der Waals surface area contributed by atoms with Crippen molar-refractivity contribution in [3.05, 3.63) is 66.5 Å². The Morgan fingerprint density at radius 3 is 1.68 bits per heavy atom. The number of anilines is 2. The number of aliphatic hydroxyl groups excluding tert-OH is 2. The number of aliphatic hydroxyl groups is 2. The number of nitrogens with two attached hydrogens (primary N) is 5. The second kappa shape index (κ2) is 25.5. The molecule has 56 heavy (non-hydrogen) atoms. The van der Waals surface area contributed by atoms with E-state index in [9.17, 15) is 0 Å². The van der Waals surface area contributed by atoms with Crippen LogP contribution in [0.1, 0.15) is 116 Å². The number of aromatic nitrogens is 4. The van der Waals surface area contributed by atoms with Crippen molar-refractivity contribution >= 4 is 22.9 Å². The monoisotopic (exact) mass is 776 g/mol. The summed E-state index contributed by atoms with van der Waals surface area (Å²) in [7, 11) is 0. The predicted molar refractivity (Wildman–Crippen MR) is 233 cm³/mol. The summed E-state index contributed by atoms with van der Waals surface area (Å²) in [6.45, 7) is 8.78. The van der Waals surface area contributed by atoms with Crippen LogP contribution in [-0.2, 0) is 6.54 Å². The smallest absolute Gasteiger partial charge is 0.227 e. The number of fused-ring (bicyclic) bond motifs is 1. The minimum absolute atomic E-state index is 0.127. The number of hydrogen-bond acceptors (Lipinski definition) is 12. The van der Waals surface area contributed by atoms with Crippen LogP contribution in [0, 0.1) is 0 Å². The van der Waals surface area contributed by atoms with Crippen molar-refractivity contribution in [2.75, 3.05) is 23.8 Å². The molecule has 14 N–H and O–H groups in total. The summed E-state index contributed by atoms with van der Waals surface area (Å²) in [6.07, 6.45) is 15.6. The second-order valence-corrected chi connectivity index (χ2v) is 15.3. The van der Waals surface area contributed by atoms with Crippen molar-refractivity contribution in [2.24, 2.45) is 28.7 Å². The quantitative estimate of drug-likeness (QED) is 0.108. The lowest BCUT2D eigenvalue weighted by atomic mass is 9.91. The Hall–Kier alpha value is -3.69. The zero-order valence-electron chi connectivity index (χ0n) is 34.5. The van der Waals surface area contributed by atoms with E-state index in [4.69, 9.17) is 48.8 Å². The summed E-state index contributed by atoms with van der Waals surface area (Å²) in [6, 6.07) is 21.1. The van der Waals surface area contributed by atoms with Gasteiger partial charge in [-0.1, -0.05) is 80.3 Å². The average molecular weight is 776 g/mol. The van der Waals surface area contributed by atoms with Crippen molar-refractivity contribution in [3.8, 4) is 11.1 Å². The van der Waals surface area contributed by atoms with Gasteiger partial charge in [0.05, 0.1) is 6.33 Å². The lowest BCUT2D eigenvalue weighted by molar-refractivity contribution is 0.318. The lowest BCUT2D eigenvalue weighted by Gasteiger charge is -2.29. The third-order valence-electron chi connectivity index (χ3n) is 10.3. The molecule has 0 aliphatic heterocycles. The highest BCUT2D eigenvalue weighted by Crippen LogP contribution is 2.27. The van der Waals surface area contributed by atoms with Gasteiger partial charge in [0.1, 0.15) is 0 Å². The Bertz CT molecular complexity index is 1590. The standard InChI is InChI=1S/C27H33N7.2C6H14N2.2C2H6O/c1-18(2)34-17-30-24-25(32-27(33-26(24)34)31-23-11-7-6-10-22(23)28)29-16-19-12-14-21(15-13-19)20-8-4-3-5-9-20;7-5-1-2-6(8)4-3-5;7-5-3-1-2-4-6(5)8;2*1-2-3/h3-5,8-9,12-15,17-18,22-23H,6-7,10-11,16,28H2,1-2H3,(H2,29,31,32,33);2*5-6H,1-4,7-8H2;2*3H,2H2,1H3/t22-,23+;;5-,6+;;/m0..../s1. The molecule has 3 aliphatic rings.